The summed E-state index contributed by atoms with van der Waals surface area (Å²) in [5, 5.41) is 6.62. The van der Waals surface area contributed by atoms with Crippen LogP contribution in [0.15, 0.2) is 42.7 Å². The van der Waals surface area contributed by atoms with Crippen LogP contribution in [0.2, 0.25) is 0 Å². The summed E-state index contributed by atoms with van der Waals surface area (Å²) in [6.45, 7) is 1.94. The molecule has 0 unspecified atom stereocenters. The number of nitrogens with zero attached hydrogens (tertiary/aromatic N) is 2. The second-order valence-electron chi connectivity index (χ2n) is 3.20. The maximum Gasteiger partial charge on any atom is 0.346 e. The van der Waals surface area contributed by atoms with E-state index in [2.05, 4.69) is 10.4 Å². The minimum Gasteiger partial charge on any atom is -0.306 e. The highest BCUT2D eigenvalue weighted by Crippen LogP contribution is 2.13. The predicted octanol–water partition coefficient (Wildman–Crippen LogP) is 2.27. The highest BCUT2D eigenvalue weighted by atomic mass is 16.2. The standard InChI is InChI=1S/C11H11N3O/c1-9-5-2-3-6-10(9)13-11(15)14-8-4-7-12-14/h2-8H,1H3,(H,13,15). The first kappa shape index (κ1) is 9.45. The van der Waals surface area contributed by atoms with Gasteiger partial charge in [-0.15, -0.1) is 0 Å². The molecule has 0 radical (unpaired) electrons. The summed E-state index contributed by atoms with van der Waals surface area (Å²) in [5.41, 5.74) is 1.83. The number of para-hydroxylation sites is 1. The highest BCUT2D eigenvalue weighted by Gasteiger charge is 2.05. The number of nitrogens with one attached hydrogen (secondary N) is 1. The molecule has 2 rings (SSSR count). The van der Waals surface area contributed by atoms with Crippen LogP contribution < -0.4 is 5.32 Å². The minimum atomic E-state index is -0.255. The molecule has 4 heteroatoms. The Morgan fingerprint density at radius 2 is 2.13 bits per heavy atom. The Hall–Kier alpha value is -2.10. The van der Waals surface area contributed by atoms with Crippen molar-refractivity contribution in [1.29, 1.82) is 0 Å². The van der Waals surface area contributed by atoms with Crippen LogP contribution >= 0.6 is 0 Å². The third-order valence-electron chi connectivity index (χ3n) is 2.10. The van der Waals surface area contributed by atoms with E-state index in [1.54, 1.807) is 18.5 Å². The molecule has 4 nitrogen and oxygen atoms in total. The first-order valence-corrected chi connectivity index (χ1v) is 4.64. The average molecular weight is 201 g/mol. The van der Waals surface area contributed by atoms with Crippen molar-refractivity contribution in [3.8, 4) is 0 Å². The Balaban J connectivity index is 2.17. The van der Waals surface area contributed by atoms with Gasteiger partial charge in [0.2, 0.25) is 0 Å². The molecule has 0 aliphatic rings. The molecule has 0 bridgehead atoms. The number of aromatic nitrogens is 2. The van der Waals surface area contributed by atoms with Crippen molar-refractivity contribution in [3.05, 3.63) is 48.3 Å². The topological polar surface area (TPSA) is 46.9 Å². The molecule has 2 aromatic rings. The molecule has 0 spiro atoms. The molecule has 1 aromatic heterocycles. The lowest BCUT2D eigenvalue weighted by atomic mass is 10.2. The van der Waals surface area contributed by atoms with Gasteiger partial charge in [-0.2, -0.15) is 9.78 Å². The van der Waals surface area contributed by atoms with Gasteiger partial charge in [-0.1, -0.05) is 18.2 Å². The lowest BCUT2D eigenvalue weighted by Gasteiger charge is -2.06. The molecule has 1 amide bonds. The first-order chi connectivity index (χ1) is 7.27. The average Bonchev–Trinajstić information content (AvgIpc) is 2.74. The fourth-order valence-electron chi connectivity index (χ4n) is 1.27. The third kappa shape index (κ3) is 2.04. The molecule has 0 saturated heterocycles. The molecule has 0 fully saturated rings. The number of carbonyl (C=O) groups excluding carboxylic acids is 1. The number of anilines is 1. The zero-order valence-electron chi connectivity index (χ0n) is 8.34. The monoisotopic (exact) mass is 201 g/mol. The molecule has 0 saturated carbocycles. The summed E-state index contributed by atoms with van der Waals surface area (Å²) < 4.78 is 1.26. The fraction of sp³-hybridized carbons (Fsp3) is 0.0909. The van der Waals surface area contributed by atoms with E-state index in [1.165, 1.54) is 4.68 Å². The number of aryl methyl sites for hydroxylation is 1. The van der Waals surface area contributed by atoms with E-state index in [9.17, 15) is 4.79 Å². The third-order valence-corrected chi connectivity index (χ3v) is 2.10. The SMILES string of the molecule is Cc1ccccc1NC(=O)n1cccn1. The first-order valence-electron chi connectivity index (χ1n) is 4.64. The van der Waals surface area contributed by atoms with E-state index in [0.29, 0.717) is 0 Å². The van der Waals surface area contributed by atoms with E-state index in [0.717, 1.165) is 11.3 Å². The Labute approximate surface area is 87.5 Å². The molecule has 0 aliphatic carbocycles. The number of hydrogen-bond donors (Lipinski definition) is 1. The van der Waals surface area contributed by atoms with Gasteiger partial charge in [-0.05, 0) is 24.6 Å². The van der Waals surface area contributed by atoms with Crippen molar-refractivity contribution in [2.75, 3.05) is 5.32 Å². The van der Waals surface area contributed by atoms with Crippen LogP contribution in [-0.2, 0) is 0 Å². The Morgan fingerprint density at radius 3 is 2.80 bits per heavy atom. The van der Waals surface area contributed by atoms with Crippen LogP contribution in [0.5, 0.6) is 0 Å². The molecular weight excluding hydrogens is 190 g/mol. The Morgan fingerprint density at radius 1 is 1.33 bits per heavy atom. The quantitative estimate of drug-likeness (QED) is 0.769. The van der Waals surface area contributed by atoms with Crippen molar-refractivity contribution in [2.45, 2.75) is 6.92 Å². The summed E-state index contributed by atoms with van der Waals surface area (Å²) in [5.74, 6) is 0. The predicted molar refractivity (Wildman–Crippen MR) is 57.8 cm³/mol. The second kappa shape index (κ2) is 3.96. The van der Waals surface area contributed by atoms with E-state index < -0.39 is 0 Å². The van der Waals surface area contributed by atoms with Gasteiger partial charge in [-0.25, -0.2) is 4.79 Å². The summed E-state index contributed by atoms with van der Waals surface area (Å²) in [7, 11) is 0. The highest BCUT2D eigenvalue weighted by molar-refractivity contribution is 5.91. The Kier molecular flexibility index (Phi) is 2.49. The summed E-state index contributed by atoms with van der Waals surface area (Å²) in [6.07, 6.45) is 3.17. The van der Waals surface area contributed by atoms with E-state index in [1.807, 2.05) is 31.2 Å². The van der Waals surface area contributed by atoms with Crippen molar-refractivity contribution in [3.63, 3.8) is 0 Å². The maximum atomic E-state index is 11.6. The number of carbonyl (C=O) groups is 1. The smallest absolute Gasteiger partial charge is 0.306 e. The largest absolute Gasteiger partial charge is 0.346 e. The van der Waals surface area contributed by atoms with Crippen LogP contribution in [0.4, 0.5) is 10.5 Å². The normalized spacial score (nSPS) is 9.93. The lowest BCUT2D eigenvalue weighted by molar-refractivity contribution is 0.251. The molecule has 76 valence electrons. The van der Waals surface area contributed by atoms with Gasteiger partial charge < -0.3 is 5.32 Å². The molecule has 0 atom stereocenters. The van der Waals surface area contributed by atoms with Crippen molar-refractivity contribution in [1.82, 2.24) is 9.78 Å². The van der Waals surface area contributed by atoms with Crippen LogP contribution in [0.25, 0.3) is 0 Å². The van der Waals surface area contributed by atoms with Gasteiger partial charge in [0, 0.05) is 18.1 Å². The summed E-state index contributed by atoms with van der Waals surface area (Å²) in [4.78, 5) is 11.6. The fourth-order valence-corrected chi connectivity index (χ4v) is 1.27. The van der Waals surface area contributed by atoms with Crippen molar-refractivity contribution in [2.24, 2.45) is 0 Å². The zero-order chi connectivity index (χ0) is 10.7. The lowest BCUT2D eigenvalue weighted by Crippen LogP contribution is -2.20. The van der Waals surface area contributed by atoms with Crippen molar-refractivity contribution >= 4 is 11.7 Å². The number of benzene rings is 1. The van der Waals surface area contributed by atoms with Crippen LogP contribution in [-0.4, -0.2) is 15.8 Å². The van der Waals surface area contributed by atoms with Gasteiger partial charge in [-0.3, -0.25) is 0 Å². The molecule has 15 heavy (non-hydrogen) atoms. The molecule has 1 heterocycles. The number of rotatable bonds is 1. The molecule has 1 aromatic carbocycles. The van der Waals surface area contributed by atoms with Gasteiger partial charge in [0.1, 0.15) is 0 Å². The van der Waals surface area contributed by atoms with Gasteiger partial charge >= 0.3 is 6.03 Å². The zero-order valence-corrected chi connectivity index (χ0v) is 8.34. The second-order valence-corrected chi connectivity index (χ2v) is 3.20. The van der Waals surface area contributed by atoms with Crippen LogP contribution in [0, 0.1) is 6.92 Å². The molecular formula is C11H11N3O. The Bertz CT molecular complexity index is 462. The number of hydrogen-bond acceptors (Lipinski definition) is 2. The van der Waals surface area contributed by atoms with Crippen molar-refractivity contribution < 1.29 is 4.79 Å². The van der Waals surface area contributed by atoms with E-state index in [4.69, 9.17) is 0 Å². The minimum absolute atomic E-state index is 0.255. The molecule has 0 aliphatic heterocycles. The van der Waals surface area contributed by atoms with Crippen LogP contribution in [0.1, 0.15) is 5.56 Å². The van der Waals surface area contributed by atoms with Gasteiger partial charge in [0.05, 0.1) is 0 Å². The van der Waals surface area contributed by atoms with Gasteiger partial charge in [0.25, 0.3) is 0 Å². The summed E-state index contributed by atoms with van der Waals surface area (Å²) in [6, 6.07) is 9.06. The maximum absolute atomic E-state index is 11.6. The molecule has 1 N–H and O–H groups in total. The van der Waals surface area contributed by atoms with Gasteiger partial charge in [0.15, 0.2) is 0 Å². The summed E-state index contributed by atoms with van der Waals surface area (Å²) >= 11 is 0. The van der Waals surface area contributed by atoms with E-state index in [-0.39, 0.29) is 6.03 Å². The number of amides is 1. The van der Waals surface area contributed by atoms with E-state index >= 15 is 0 Å². The van der Waals surface area contributed by atoms with Crippen LogP contribution in [0.3, 0.4) is 0 Å².